The van der Waals surface area contributed by atoms with Crippen LogP contribution in [-0.2, 0) is 0 Å². The van der Waals surface area contributed by atoms with Crippen molar-refractivity contribution in [1.82, 2.24) is 0 Å². The SMILES string of the molecule is CC(F)CCCCC(=O)c1ccccc1. The number of halogens is 1. The molecule has 0 saturated heterocycles. The average Bonchev–Trinajstić information content (AvgIpc) is 2.25. The van der Waals surface area contributed by atoms with Crippen LogP contribution in [0, 0.1) is 0 Å². The molecule has 1 atom stereocenters. The first-order valence-electron chi connectivity index (χ1n) is 5.42. The molecule has 0 aromatic heterocycles. The largest absolute Gasteiger partial charge is 0.294 e. The minimum atomic E-state index is -0.753. The minimum Gasteiger partial charge on any atom is -0.294 e. The fourth-order valence-corrected chi connectivity index (χ4v) is 1.48. The van der Waals surface area contributed by atoms with Crippen LogP contribution in [0.4, 0.5) is 4.39 Å². The molecule has 15 heavy (non-hydrogen) atoms. The van der Waals surface area contributed by atoms with E-state index in [9.17, 15) is 9.18 Å². The van der Waals surface area contributed by atoms with Gasteiger partial charge in [0.05, 0.1) is 6.17 Å². The molecule has 1 unspecified atom stereocenters. The molecule has 82 valence electrons. The van der Waals surface area contributed by atoms with Gasteiger partial charge in [-0.1, -0.05) is 36.8 Å². The molecule has 0 aliphatic carbocycles. The molecule has 0 saturated carbocycles. The van der Waals surface area contributed by atoms with Crippen LogP contribution < -0.4 is 0 Å². The van der Waals surface area contributed by atoms with E-state index in [-0.39, 0.29) is 5.78 Å². The summed E-state index contributed by atoms with van der Waals surface area (Å²) in [4.78, 5) is 11.6. The highest BCUT2D eigenvalue weighted by Crippen LogP contribution is 2.10. The number of hydrogen-bond acceptors (Lipinski definition) is 1. The lowest BCUT2D eigenvalue weighted by atomic mass is 10.0. The van der Waals surface area contributed by atoms with Crippen molar-refractivity contribution in [3.8, 4) is 0 Å². The van der Waals surface area contributed by atoms with Crippen LogP contribution in [0.5, 0.6) is 0 Å². The summed E-state index contributed by atoms with van der Waals surface area (Å²) in [6, 6.07) is 9.25. The molecular weight excluding hydrogens is 191 g/mol. The summed E-state index contributed by atoms with van der Waals surface area (Å²) in [5, 5.41) is 0. The van der Waals surface area contributed by atoms with E-state index in [4.69, 9.17) is 0 Å². The standard InChI is InChI=1S/C13H17FO/c1-11(14)7-5-6-10-13(15)12-8-3-2-4-9-12/h2-4,8-9,11H,5-7,10H2,1H3. The highest BCUT2D eigenvalue weighted by Gasteiger charge is 2.05. The lowest BCUT2D eigenvalue weighted by molar-refractivity contribution is 0.0978. The van der Waals surface area contributed by atoms with Crippen molar-refractivity contribution in [3.05, 3.63) is 35.9 Å². The zero-order valence-electron chi connectivity index (χ0n) is 9.08. The van der Waals surface area contributed by atoms with Crippen LogP contribution in [0.25, 0.3) is 0 Å². The summed E-state index contributed by atoms with van der Waals surface area (Å²) in [5.41, 5.74) is 0.755. The molecule has 0 aliphatic heterocycles. The molecule has 1 nitrogen and oxygen atoms in total. The molecule has 0 N–H and O–H groups in total. The molecule has 2 heteroatoms. The first-order valence-corrected chi connectivity index (χ1v) is 5.42. The third-order valence-corrected chi connectivity index (χ3v) is 2.35. The Hall–Kier alpha value is -1.18. The van der Waals surface area contributed by atoms with E-state index in [0.717, 1.165) is 18.4 Å². The van der Waals surface area contributed by atoms with Gasteiger partial charge >= 0.3 is 0 Å². The Labute approximate surface area is 90.3 Å². The second-order valence-corrected chi connectivity index (χ2v) is 3.82. The zero-order valence-corrected chi connectivity index (χ0v) is 9.08. The Morgan fingerprint density at radius 3 is 2.53 bits per heavy atom. The number of unbranched alkanes of at least 4 members (excludes halogenated alkanes) is 1. The molecule has 0 heterocycles. The van der Waals surface area contributed by atoms with Crippen LogP contribution in [0.1, 0.15) is 43.0 Å². The molecule has 1 aromatic rings. The van der Waals surface area contributed by atoms with Gasteiger partial charge in [0, 0.05) is 12.0 Å². The van der Waals surface area contributed by atoms with E-state index in [1.807, 2.05) is 30.3 Å². The van der Waals surface area contributed by atoms with Crippen LogP contribution in [0.15, 0.2) is 30.3 Å². The van der Waals surface area contributed by atoms with E-state index in [1.165, 1.54) is 0 Å². The second kappa shape index (κ2) is 6.33. The number of alkyl halides is 1. The van der Waals surface area contributed by atoms with Crippen LogP contribution >= 0.6 is 0 Å². The van der Waals surface area contributed by atoms with Crippen molar-refractivity contribution in [2.45, 2.75) is 38.8 Å². The van der Waals surface area contributed by atoms with Crippen molar-refractivity contribution < 1.29 is 9.18 Å². The van der Waals surface area contributed by atoms with Gasteiger partial charge in [-0.15, -0.1) is 0 Å². The average molecular weight is 208 g/mol. The number of hydrogen-bond donors (Lipinski definition) is 0. The second-order valence-electron chi connectivity index (χ2n) is 3.82. The topological polar surface area (TPSA) is 17.1 Å². The Kier molecular flexibility index (Phi) is 5.02. The normalized spacial score (nSPS) is 12.4. The predicted octanol–water partition coefficient (Wildman–Crippen LogP) is 3.79. The van der Waals surface area contributed by atoms with Gasteiger partial charge in [0.15, 0.2) is 5.78 Å². The van der Waals surface area contributed by atoms with Gasteiger partial charge in [-0.05, 0) is 19.8 Å². The Morgan fingerprint density at radius 1 is 1.27 bits per heavy atom. The lowest BCUT2D eigenvalue weighted by Crippen LogP contribution is -1.99. The van der Waals surface area contributed by atoms with Gasteiger partial charge in [-0.3, -0.25) is 4.79 Å². The Bertz CT molecular complexity index is 293. The molecule has 0 amide bonds. The van der Waals surface area contributed by atoms with Crippen molar-refractivity contribution >= 4 is 5.78 Å². The number of carbonyl (C=O) groups is 1. The molecule has 0 spiro atoms. The van der Waals surface area contributed by atoms with E-state index >= 15 is 0 Å². The van der Waals surface area contributed by atoms with Gasteiger partial charge in [-0.2, -0.15) is 0 Å². The third kappa shape index (κ3) is 4.73. The van der Waals surface area contributed by atoms with Gasteiger partial charge < -0.3 is 0 Å². The van der Waals surface area contributed by atoms with E-state index < -0.39 is 6.17 Å². The highest BCUT2D eigenvalue weighted by atomic mass is 19.1. The van der Waals surface area contributed by atoms with Gasteiger partial charge in [0.2, 0.25) is 0 Å². The lowest BCUT2D eigenvalue weighted by Gasteiger charge is -2.02. The van der Waals surface area contributed by atoms with Crippen molar-refractivity contribution in [2.24, 2.45) is 0 Å². The van der Waals surface area contributed by atoms with E-state index in [1.54, 1.807) is 6.92 Å². The fraction of sp³-hybridized carbons (Fsp3) is 0.462. The number of ketones is 1. The smallest absolute Gasteiger partial charge is 0.162 e. The van der Waals surface area contributed by atoms with Gasteiger partial charge in [0.1, 0.15) is 0 Å². The summed E-state index contributed by atoms with van der Waals surface area (Å²) in [6.45, 7) is 1.55. The molecule has 0 radical (unpaired) electrons. The predicted molar refractivity (Wildman–Crippen MR) is 59.8 cm³/mol. The van der Waals surface area contributed by atoms with Gasteiger partial charge in [0.25, 0.3) is 0 Å². The molecule has 1 rings (SSSR count). The maximum absolute atomic E-state index is 12.5. The first-order chi connectivity index (χ1) is 7.20. The Balaban J connectivity index is 2.25. The number of benzene rings is 1. The summed E-state index contributed by atoms with van der Waals surface area (Å²) < 4.78 is 12.5. The highest BCUT2D eigenvalue weighted by molar-refractivity contribution is 5.95. The number of rotatable bonds is 6. The molecular formula is C13H17FO. The monoisotopic (exact) mass is 208 g/mol. The van der Waals surface area contributed by atoms with Crippen LogP contribution in [0.3, 0.4) is 0 Å². The van der Waals surface area contributed by atoms with E-state index in [2.05, 4.69) is 0 Å². The maximum Gasteiger partial charge on any atom is 0.162 e. The molecule has 1 aromatic carbocycles. The van der Waals surface area contributed by atoms with Crippen molar-refractivity contribution in [1.29, 1.82) is 0 Å². The van der Waals surface area contributed by atoms with Gasteiger partial charge in [-0.25, -0.2) is 4.39 Å². The summed E-state index contributed by atoms with van der Waals surface area (Å²) in [7, 11) is 0. The molecule has 0 fully saturated rings. The number of Topliss-reactive ketones (excluding diaryl/α,β-unsaturated/α-hetero) is 1. The van der Waals surface area contributed by atoms with Crippen LogP contribution in [0.2, 0.25) is 0 Å². The first kappa shape index (κ1) is 11.9. The quantitative estimate of drug-likeness (QED) is 0.513. The van der Waals surface area contributed by atoms with Crippen molar-refractivity contribution in [3.63, 3.8) is 0 Å². The third-order valence-electron chi connectivity index (χ3n) is 2.35. The molecule has 0 aliphatic rings. The van der Waals surface area contributed by atoms with Crippen molar-refractivity contribution in [2.75, 3.05) is 0 Å². The van der Waals surface area contributed by atoms with E-state index in [0.29, 0.717) is 12.8 Å². The maximum atomic E-state index is 12.5. The fourth-order valence-electron chi connectivity index (χ4n) is 1.48. The zero-order chi connectivity index (χ0) is 11.1. The summed E-state index contributed by atoms with van der Waals surface area (Å²) in [5.74, 6) is 0.155. The molecule has 0 bridgehead atoms. The summed E-state index contributed by atoms with van der Waals surface area (Å²) in [6.07, 6.45) is 1.90. The minimum absolute atomic E-state index is 0.155. The number of carbonyl (C=O) groups excluding carboxylic acids is 1. The van der Waals surface area contributed by atoms with Crippen LogP contribution in [-0.4, -0.2) is 12.0 Å². The summed E-state index contributed by atoms with van der Waals surface area (Å²) >= 11 is 0. The Morgan fingerprint density at radius 2 is 1.93 bits per heavy atom.